The van der Waals surface area contributed by atoms with Crippen LogP contribution in [0, 0.1) is 0 Å². The van der Waals surface area contributed by atoms with Gasteiger partial charge in [0, 0.05) is 12.0 Å². The first-order valence-corrected chi connectivity index (χ1v) is 6.62. The number of aliphatic hydroxyl groups is 1. The van der Waals surface area contributed by atoms with E-state index in [1.54, 1.807) is 18.3 Å². The van der Waals surface area contributed by atoms with Crippen LogP contribution in [0.3, 0.4) is 0 Å². The molecule has 2 rings (SSSR count). The Labute approximate surface area is 105 Å². The Morgan fingerprint density at radius 1 is 1.29 bits per heavy atom. The van der Waals surface area contributed by atoms with Gasteiger partial charge in [0.05, 0.1) is 12.7 Å². The number of ether oxygens (including phenoxy) is 1. The number of aliphatic hydroxyl groups excluding tert-OH is 1. The highest BCUT2D eigenvalue weighted by Gasteiger charge is 2.07. The predicted molar refractivity (Wildman–Crippen MR) is 70.6 cm³/mol. The van der Waals surface area contributed by atoms with E-state index in [0.717, 1.165) is 17.7 Å². The molecule has 3 heteroatoms. The molecule has 0 saturated heterocycles. The molecule has 0 amide bonds. The molecule has 1 aromatic carbocycles. The Kier molecular flexibility index (Phi) is 4.18. The lowest BCUT2D eigenvalue weighted by atomic mass is 10.1. The average Bonchev–Trinajstić information content (AvgIpc) is 2.82. The molecule has 2 nitrogen and oxygen atoms in total. The second-order valence-electron chi connectivity index (χ2n) is 3.94. The van der Waals surface area contributed by atoms with Crippen LogP contribution in [0.5, 0.6) is 5.75 Å². The van der Waals surface area contributed by atoms with Gasteiger partial charge in [-0.25, -0.2) is 0 Å². The van der Waals surface area contributed by atoms with Crippen molar-refractivity contribution in [2.75, 3.05) is 6.61 Å². The minimum atomic E-state index is -0.493. The fraction of sp³-hybridized carbons (Fsp3) is 0.286. The Bertz CT molecular complexity index is 449. The van der Waals surface area contributed by atoms with E-state index in [1.165, 1.54) is 5.56 Å². The minimum Gasteiger partial charge on any atom is -0.493 e. The lowest BCUT2D eigenvalue weighted by molar-refractivity contribution is 0.191. The lowest BCUT2D eigenvalue weighted by Crippen LogP contribution is -2.04. The first-order valence-electron chi connectivity index (χ1n) is 5.68. The summed E-state index contributed by atoms with van der Waals surface area (Å²) in [6.45, 7) is 2.39. The van der Waals surface area contributed by atoms with Crippen molar-refractivity contribution in [2.24, 2.45) is 0 Å². The topological polar surface area (TPSA) is 29.5 Å². The van der Waals surface area contributed by atoms with E-state index in [1.807, 2.05) is 24.3 Å². The zero-order valence-electron chi connectivity index (χ0n) is 9.80. The highest BCUT2D eigenvalue weighted by atomic mass is 32.1. The molecule has 0 radical (unpaired) electrons. The van der Waals surface area contributed by atoms with Gasteiger partial charge in [-0.05, 0) is 35.4 Å². The average molecular weight is 248 g/mol. The molecule has 2 aromatic rings. The van der Waals surface area contributed by atoms with Gasteiger partial charge in [-0.15, -0.1) is 0 Å². The molecule has 1 aromatic heterocycles. The first kappa shape index (κ1) is 12.1. The third-order valence-electron chi connectivity index (χ3n) is 2.60. The molecule has 17 heavy (non-hydrogen) atoms. The highest BCUT2D eigenvalue weighted by molar-refractivity contribution is 7.07. The van der Waals surface area contributed by atoms with Crippen LogP contribution >= 0.6 is 11.3 Å². The molecule has 1 heterocycles. The normalized spacial score (nSPS) is 12.4. The standard InChI is InChI=1S/C14H16O2S/c1-11(15)13-4-2-3-5-14(13)16-8-6-12-7-9-17-10-12/h2-5,7,9-11,15H,6,8H2,1H3. The van der Waals surface area contributed by atoms with E-state index in [4.69, 9.17) is 4.74 Å². The molecule has 1 atom stereocenters. The van der Waals surface area contributed by atoms with Crippen LogP contribution in [0.25, 0.3) is 0 Å². The van der Waals surface area contributed by atoms with Gasteiger partial charge in [0.1, 0.15) is 5.75 Å². The summed E-state index contributed by atoms with van der Waals surface area (Å²) >= 11 is 1.70. The highest BCUT2D eigenvalue weighted by Crippen LogP contribution is 2.24. The molecule has 0 aliphatic rings. The number of hydrogen-bond acceptors (Lipinski definition) is 3. The maximum Gasteiger partial charge on any atom is 0.125 e. The Morgan fingerprint density at radius 2 is 2.12 bits per heavy atom. The van der Waals surface area contributed by atoms with E-state index in [0.29, 0.717) is 6.61 Å². The van der Waals surface area contributed by atoms with Crippen LogP contribution in [0.15, 0.2) is 41.1 Å². The van der Waals surface area contributed by atoms with E-state index < -0.39 is 6.10 Å². The van der Waals surface area contributed by atoms with Crippen LogP contribution in [-0.4, -0.2) is 11.7 Å². The number of hydrogen-bond donors (Lipinski definition) is 1. The van der Waals surface area contributed by atoms with Crippen molar-refractivity contribution in [3.8, 4) is 5.75 Å². The van der Waals surface area contributed by atoms with Gasteiger partial charge in [-0.3, -0.25) is 0 Å². The predicted octanol–water partition coefficient (Wildman–Crippen LogP) is 3.42. The molecule has 0 spiro atoms. The quantitative estimate of drug-likeness (QED) is 0.878. The second kappa shape index (κ2) is 5.84. The van der Waals surface area contributed by atoms with Gasteiger partial charge in [0.2, 0.25) is 0 Å². The van der Waals surface area contributed by atoms with E-state index in [9.17, 15) is 5.11 Å². The van der Waals surface area contributed by atoms with Crippen LogP contribution < -0.4 is 4.74 Å². The molecular weight excluding hydrogens is 232 g/mol. The molecule has 1 unspecified atom stereocenters. The summed E-state index contributed by atoms with van der Waals surface area (Å²) < 4.78 is 5.72. The molecule has 0 aliphatic heterocycles. The molecule has 1 N–H and O–H groups in total. The molecule has 0 aliphatic carbocycles. The smallest absolute Gasteiger partial charge is 0.125 e. The van der Waals surface area contributed by atoms with Crippen LogP contribution in [0.2, 0.25) is 0 Å². The number of rotatable bonds is 5. The van der Waals surface area contributed by atoms with Crippen molar-refractivity contribution in [3.63, 3.8) is 0 Å². The summed E-state index contributed by atoms with van der Waals surface area (Å²) in [5.41, 5.74) is 2.14. The van der Waals surface area contributed by atoms with Gasteiger partial charge >= 0.3 is 0 Å². The third-order valence-corrected chi connectivity index (χ3v) is 3.33. The van der Waals surface area contributed by atoms with Gasteiger partial charge in [-0.1, -0.05) is 18.2 Å². The van der Waals surface area contributed by atoms with Crippen molar-refractivity contribution in [1.82, 2.24) is 0 Å². The summed E-state index contributed by atoms with van der Waals surface area (Å²) in [5, 5.41) is 13.8. The van der Waals surface area contributed by atoms with Crippen molar-refractivity contribution in [1.29, 1.82) is 0 Å². The molecule has 0 fully saturated rings. The second-order valence-corrected chi connectivity index (χ2v) is 4.72. The summed E-state index contributed by atoms with van der Waals surface area (Å²) in [6, 6.07) is 9.73. The Morgan fingerprint density at radius 3 is 2.82 bits per heavy atom. The minimum absolute atomic E-state index is 0.493. The SMILES string of the molecule is CC(O)c1ccccc1OCCc1ccsc1. The zero-order valence-corrected chi connectivity index (χ0v) is 10.6. The van der Waals surface area contributed by atoms with Gasteiger partial charge in [-0.2, -0.15) is 11.3 Å². The maximum absolute atomic E-state index is 9.61. The fourth-order valence-corrected chi connectivity index (χ4v) is 2.37. The summed E-state index contributed by atoms with van der Waals surface area (Å²) in [6.07, 6.45) is 0.407. The van der Waals surface area contributed by atoms with Gasteiger partial charge in [0.25, 0.3) is 0 Å². The van der Waals surface area contributed by atoms with Gasteiger partial charge in [0.15, 0.2) is 0 Å². The van der Waals surface area contributed by atoms with Crippen LogP contribution in [0.4, 0.5) is 0 Å². The van der Waals surface area contributed by atoms with E-state index >= 15 is 0 Å². The van der Waals surface area contributed by atoms with Crippen molar-refractivity contribution in [2.45, 2.75) is 19.4 Å². The van der Waals surface area contributed by atoms with Crippen molar-refractivity contribution < 1.29 is 9.84 Å². The first-order chi connectivity index (χ1) is 8.27. The number of benzene rings is 1. The van der Waals surface area contributed by atoms with E-state index in [2.05, 4.69) is 16.8 Å². The van der Waals surface area contributed by atoms with Gasteiger partial charge < -0.3 is 9.84 Å². The summed E-state index contributed by atoms with van der Waals surface area (Å²) in [5.74, 6) is 0.776. The molecule has 0 bridgehead atoms. The summed E-state index contributed by atoms with van der Waals surface area (Å²) in [7, 11) is 0. The fourth-order valence-electron chi connectivity index (χ4n) is 1.67. The molecule has 90 valence electrons. The molecular formula is C14H16O2S. The zero-order chi connectivity index (χ0) is 12.1. The summed E-state index contributed by atoms with van der Waals surface area (Å²) in [4.78, 5) is 0. The van der Waals surface area contributed by atoms with Crippen LogP contribution in [-0.2, 0) is 6.42 Å². The molecule has 0 saturated carbocycles. The Balaban J connectivity index is 1.94. The Hall–Kier alpha value is -1.32. The maximum atomic E-state index is 9.61. The lowest BCUT2D eigenvalue weighted by Gasteiger charge is -2.12. The third kappa shape index (κ3) is 3.32. The monoisotopic (exact) mass is 248 g/mol. The van der Waals surface area contributed by atoms with Crippen LogP contribution in [0.1, 0.15) is 24.2 Å². The van der Waals surface area contributed by atoms with E-state index in [-0.39, 0.29) is 0 Å². The van der Waals surface area contributed by atoms with Crippen molar-refractivity contribution in [3.05, 3.63) is 52.2 Å². The largest absolute Gasteiger partial charge is 0.493 e. The van der Waals surface area contributed by atoms with Crippen molar-refractivity contribution >= 4 is 11.3 Å². The number of para-hydroxylation sites is 1. The number of thiophene rings is 1.